The summed E-state index contributed by atoms with van der Waals surface area (Å²) in [6.45, 7) is 4.94. The molecule has 3 aromatic rings. The second-order valence-electron chi connectivity index (χ2n) is 11.2. The second-order valence-corrected chi connectivity index (χ2v) is 11.2. The van der Waals surface area contributed by atoms with Gasteiger partial charge in [0.05, 0.1) is 12.8 Å². The summed E-state index contributed by atoms with van der Waals surface area (Å²) >= 11 is 0. The van der Waals surface area contributed by atoms with Crippen LogP contribution >= 0.6 is 0 Å². The van der Waals surface area contributed by atoms with Crippen LogP contribution in [0.3, 0.4) is 0 Å². The van der Waals surface area contributed by atoms with Crippen LogP contribution in [-0.2, 0) is 14.9 Å². The highest BCUT2D eigenvalue weighted by Gasteiger charge is 2.67. The minimum atomic E-state index is -1.14. The average Bonchev–Trinajstić information content (AvgIpc) is 3.13. The zero-order valence-corrected chi connectivity index (χ0v) is 22.9. The number of ether oxygens (including phenoxy) is 2. The largest absolute Gasteiger partial charge is 0.465 e. The molecule has 198 valence electrons. The zero-order valence-electron chi connectivity index (χ0n) is 22.9. The number of hydrogen-bond donors (Lipinski definition) is 0. The third kappa shape index (κ3) is 3.53. The van der Waals surface area contributed by atoms with E-state index in [1.54, 1.807) is 0 Å². The number of fused-ring (bicyclic) bond motifs is 4. The van der Waals surface area contributed by atoms with E-state index in [-0.39, 0.29) is 5.97 Å². The molecule has 3 aliphatic rings. The van der Waals surface area contributed by atoms with E-state index in [0.29, 0.717) is 18.3 Å². The Morgan fingerprint density at radius 1 is 1.08 bits per heavy atom. The fourth-order valence-corrected chi connectivity index (χ4v) is 6.77. The maximum atomic E-state index is 13.9. The Morgan fingerprint density at radius 2 is 1.79 bits per heavy atom. The summed E-state index contributed by atoms with van der Waals surface area (Å²) in [6.07, 6.45) is 8.06. The number of carbonyl (C=O) groups is 1. The lowest BCUT2D eigenvalue weighted by atomic mass is 9.75. The van der Waals surface area contributed by atoms with Crippen molar-refractivity contribution in [3.8, 4) is 5.75 Å². The number of nitrogens with zero attached hydrogens (tertiary/aromatic N) is 3. The predicted molar refractivity (Wildman–Crippen MR) is 154 cm³/mol. The first kappa shape index (κ1) is 24.8. The van der Waals surface area contributed by atoms with Gasteiger partial charge < -0.3 is 19.3 Å². The molecule has 6 rings (SSSR count). The minimum absolute atomic E-state index is 0.290. The number of hydrogen-bond acceptors (Lipinski definition) is 6. The van der Waals surface area contributed by atoms with Gasteiger partial charge in [0.15, 0.2) is 11.2 Å². The molecule has 3 aromatic carbocycles. The highest BCUT2D eigenvalue weighted by Crippen LogP contribution is 2.56. The quantitative estimate of drug-likeness (QED) is 0.361. The van der Waals surface area contributed by atoms with Crippen molar-refractivity contribution in [2.24, 2.45) is 10.9 Å². The van der Waals surface area contributed by atoms with Crippen LogP contribution in [0.1, 0.15) is 51.5 Å². The molecule has 1 aliphatic carbocycles. The van der Waals surface area contributed by atoms with Crippen molar-refractivity contribution in [3.05, 3.63) is 60.2 Å². The van der Waals surface area contributed by atoms with Crippen molar-refractivity contribution in [2.75, 3.05) is 37.0 Å². The van der Waals surface area contributed by atoms with Crippen molar-refractivity contribution in [3.63, 3.8) is 0 Å². The van der Waals surface area contributed by atoms with Gasteiger partial charge in [0.25, 0.3) is 0 Å². The average molecular weight is 512 g/mol. The van der Waals surface area contributed by atoms with Gasteiger partial charge in [-0.2, -0.15) is 0 Å². The summed E-state index contributed by atoms with van der Waals surface area (Å²) in [7, 11) is 4.08. The van der Waals surface area contributed by atoms with Gasteiger partial charge in [-0.15, -0.1) is 0 Å². The molecule has 2 unspecified atom stereocenters. The van der Waals surface area contributed by atoms with E-state index in [9.17, 15) is 4.79 Å². The number of carbonyl (C=O) groups excluding carboxylic acids is 1. The van der Waals surface area contributed by atoms with Gasteiger partial charge in [-0.1, -0.05) is 61.7 Å². The highest BCUT2D eigenvalue weighted by atomic mass is 16.6. The lowest BCUT2D eigenvalue weighted by molar-refractivity contribution is -0.155. The number of esters is 1. The van der Waals surface area contributed by atoms with Crippen LogP contribution < -0.4 is 14.5 Å². The van der Waals surface area contributed by atoms with Crippen LogP contribution in [0.15, 0.2) is 59.6 Å². The SMILES string of the molecule is CCOC(=O)C1(C)c2ccccc2N(CC2CCCCC2)C12C=Nc1c(cc(N(C)C)c3ccccc13)O2. The smallest absolute Gasteiger partial charge is 0.322 e. The normalized spacial score (nSPS) is 24.3. The van der Waals surface area contributed by atoms with Gasteiger partial charge in [0, 0.05) is 48.9 Å². The Balaban J connectivity index is 1.57. The van der Waals surface area contributed by atoms with Crippen molar-refractivity contribution in [1.29, 1.82) is 0 Å². The fraction of sp³-hybridized carbons (Fsp3) is 0.438. The van der Waals surface area contributed by atoms with E-state index < -0.39 is 11.1 Å². The molecular weight excluding hydrogens is 474 g/mol. The maximum Gasteiger partial charge on any atom is 0.322 e. The molecule has 0 aromatic heterocycles. The molecule has 1 saturated carbocycles. The van der Waals surface area contributed by atoms with Crippen molar-refractivity contribution in [2.45, 2.75) is 57.1 Å². The molecule has 2 aliphatic heterocycles. The molecule has 0 saturated heterocycles. The zero-order chi connectivity index (χ0) is 26.5. The molecular formula is C32H37N3O3. The number of anilines is 2. The Labute approximate surface area is 225 Å². The van der Waals surface area contributed by atoms with E-state index >= 15 is 0 Å². The molecule has 0 N–H and O–H groups in total. The number of para-hydroxylation sites is 1. The standard InChI is InChI=1S/C32H37N3O3/c1-5-37-30(36)31(2)25-17-11-12-18-26(25)35(20-22-13-7-6-8-14-22)32(31)21-33-29-24-16-10-9-15-23(24)27(34(3)4)19-28(29)38-32/h9-12,15-19,21-22H,5-8,13-14,20H2,1-4H3. The molecule has 2 heterocycles. The number of benzene rings is 3. The van der Waals surface area contributed by atoms with Crippen molar-refractivity contribution < 1.29 is 14.3 Å². The fourth-order valence-electron chi connectivity index (χ4n) is 6.77. The topological polar surface area (TPSA) is 54.4 Å². The molecule has 0 amide bonds. The molecule has 0 bridgehead atoms. The summed E-state index contributed by atoms with van der Waals surface area (Å²) in [5.41, 5.74) is 1.57. The highest BCUT2D eigenvalue weighted by molar-refractivity contribution is 6.07. The van der Waals surface area contributed by atoms with E-state index in [1.807, 2.05) is 64.5 Å². The molecule has 38 heavy (non-hydrogen) atoms. The Bertz CT molecular complexity index is 1410. The summed E-state index contributed by atoms with van der Waals surface area (Å²) in [5, 5.41) is 2.15. The van der Waals surface area contributed by atoms with Crippen LogP contribution in [0, 0.1) is 5.92 Å². The lowest BCUT2D eigenvalue weighted by Crippen LogP contribution is -2.66. The third-order valence-corrected chi connectivity index (χ3v) is 8.78. The van der Waals surface area contributed by atoms with E-state index in [4.69, 9.17) is 14.5 Å². The number of rotatable bonds is 5. The maximum absolute atomic E-state index is 13.9. The molecule has 1 spiro atoms. The van der Waals surface area contributed by atoms with Gasteiger partial charge in [-0.3, -0.25) is 9.79 Å². The van der Waals surface area contributed by atoms with Crippen LogP contribution in [0.5, 0.6) is 5.75 Å². The molecule has 6 heteroatoms. The summed E-state index contributed by atoms with van der Waals surface area (Å²) in [4.78, 5) is 23.5. The van der Waals surface area contributed by atoms with Gasteiger partial charge in [0.1, 0.15) is 5.69 Å². The van der Waals surface area contributed by atoms with Crippen LogP contribution in [0.2, 0.25) is 0 Å². The summed E-state index contributed by atoms with van der Waals surface area (Å²) in [5.74, 6) is 0.930. The van der Waals surface area contributed by atoms with Gasteiger partial charge in [-0.05, 0) is 44.2 Å². The Morgan fingerprint density at radius 3 is 2.53 bits per heavy atom. The third-order valence-electron chi connectivity index (χ3n) is 8.78. The van der Waals surface area contributed by atoms with Gasteiger partial charge >= 0.3 is 5.97 Å². The molecule has 0 radical (unpaired) electrons. The monoisotopic (exact) mass is 511 g/mol. The minimum Gasteiger partial charge on any atom is -0.465 e. The van der Waals surface area contributed by atoms with E-state index in [1.165, 1.54) is 32.1 Å². The summed E-state index contributed by atoms with van der Waals surface area (Å²) < 4.78 is 12.9. The summed E-state index contributed by atoms with van der Waals surface area (Å²) in [6, 6.07) is 18.6. The Kier molecular flexibility index (Phi) is 6.09. The first-order valence-corrected chi connectivity index (χ1v) is 13.9. The predicted octanol–water partition coefficient (Wildman–Crippen LogP) is 6.62. The second kappa shape index (κ2) is 9.33. The lowest BCUT2D eigenvalue weighted by Gasteiger charge is -2.47. The van der Waals surface area contributed by atoms with Crippen molar-refractivity contribution >= 4 is 40.0 Å². The van der Waals surface area contributed by atoms with Gasteiger partial charge in [0.2, 0.25) is 5.72 Å². The van der Waals surface area contributed by atoms with Crippen molar-refractivity contribution in [1.82, 2.24) is 0 Å². The first-order chi connectivity index (χ1) is 18.4. The molecule has 1 fully saturated rings. The van der Waals surface area contributed by atoms with Crippen LogP contribution in [-0.4, -0.2) is 45.2 Å². The molecule has 6 nitrogen and oxygen atoms in total. The van der Waals surface area contributed by atoms with Crippen LogP contribution in [0.25, 0.3) is 10.8 Å². The van der Waals surface area contributed by atoms with Crippen LogP contribution in [0.4, 0.5) is 17.1 Å². The Hall–Kier alpha value is -3.54. The van der Waals surface area contributed by atoms with Gasteiger partial charge in [-0.25, -0.2) is 0 Å². The van der Waals surface area contributed by atoms with E-state index in [2.05, 4.69) is 34.1 Å². The van der Waals surface area contributed by atoms with E-state index in [0.717, 1.165) is 39.9 Å². The first-order valence-electron chi connectivity index (χ1n) is 13.9. The molecule has 2 atom stereocenters. The number of aliphatic imine (C=N–C) groups is 1.